The van der Waals surface area contributed by atoms with E-state index in [1.165, 1.54) is 12.1 Å². The lowest BCUT2D eigenvalue weighted by Gasteiger charge is -2.31. The summed E-state index contributed by atoms with van der Waals surface area (Å²) in [7, 11) is 1.16. The number of halogens is 2. The van der Waals surface area contributed by atoms with Crippen LogP contribution in [0.3, 0.4) is 0 Å². The maximum absolute atomic E-state index is 12.9. The summed E-state index contributed by atoms with van der Waals surface area (Å²) in [6.45, 7) is 4.67. The normalized spacial score (nSPS) is 17.8. The summed E-state index contributed by atoms with van der Waals surface area (Å²) in [5, 5.41) is 15.9. The third-order valence-corrected chi connectivity index (χ3v) is 6.43. The molecule has 8 nitrogen and oxygen atoms in total. The van der Waals surface area contributed by atoms with Gasteiger partial charge in [0, 0.05) is 12.5 Å². The number of esters is 1. The molecule has 1 aromatic rings. The smallest absolute Gasteiger partial charge is 0.319 e. The Labute approximate surface area is 207 Å². The highest BCUT2D eigenvalue weighted by Crippen LogP contribution is 2.44. The molecule has 0 saturated carbocycles. The summed E-state index contributed by atoms with van der Waals surface area (Å²) in [5.41, 5.74) is 0.480. The van der Waals surface area contributed by atoms with Crippen molar-refractivity contribution in [3.8, 4) is 11.8 Å². The molecule has 0 radical (unpaired) electrons. The van der Waals surface area contributed by atoms with Crippen molar-refractivity contribution in [1.29, 1.82) is 5.26 Å². The summed E-state index contributed by atoms with van der Waals surface area (Å²) >= 11 is 13.7. The van der Waals surface area contributed by atoms with E-state index in [0.717, 1.165) is 31.7 Å². The Kier molecular flexibility index (Phi) is 10.4. The third-order valence-electron chi connectivity index (χ3n) is 4.85. The molecule has 0 spiro atoms. The Morgan fingerprint density at radius 3 is 2.48 bits per heavy atom. The lowest BCUT2D eigenvalue weighted by molar-refractivity contribution is -0.150. The highest BCUT2D eigenvalue weighted by Gasteiger charge is 2.44. The van der Waals surface area contributed by atoms with Gasteiger partial charge in [-0.3, -0.25) is 14.4 Å². The molecule has 0 bridgehead atoms. The molecule has 2 rings (SSSR count). The molecule has 2 atom stereocenters. The zero-order chi connectivity index (χ0) is 24.5. The number of methoxy groups -OCH3 is 1. The lowest BCUT2D eigenvalue weighted by atomic mass is 9.78. The van der Waals surface area contributed by atoms with Crippen molar-refractivity contribution >= 4 is 52.7 Å². The average molecular weight is 514 g/mol. The molecule has 2 N–H and O–H groups in total. The Balaban J connectivity index is 2.48. The summed E-state index contributed by atoms with van der Waals surface area (Å²) in [6.07, 6.45) is 1.79. The van der Waals surface area contributed by atoms with Crippen LogP contribution in [0.25, 0.3) is 0 Å². The minimum absolute atomic E-state index is 0.00902. The van der Waals surface area contributed by atoms with Crippen LogP contribution in [0.5, 0.6) is 5.75 Å². The topological polar surface area (TPSA) is 118 Å². The van der Waals surface area contributed by atoms with E-state index >= 15 is 0 Å². The average Bonchev–Trinajstić information content (AvgIpc) is 2.79. The van der Waals surface area contributed by atoms with Gasteiger partial charge in [-0.25, -0.2) is 0 Å². The van der Waals surface area contributed by atoms with Crippen LogP contribution < -0.4 is 15.4 Å². The zero-order valence-electron chi connectivity index (χ0n) is 18.5. The molecule has 33 heavy (non-hydrogen) atoms. The molecular weight excluding hydrogens is 489 g/mol. The Hall–Kier alpha value is -2.41. The van der Waals surface area contributed by atoms with Crippen LogP contribution in [0.1, 0.15) is 38.2 Å². The van der Waals surface area contributed by atoms with Crippen molar-refractivity contribution in [2.45, 2.75) is 32.6 Å². The first-order valence-corrected chi connectivity index (χ1v) is 12.1. The van der Waals surface area contributed by atoms with E-state index in [1.54, 1.807) is 6.92 Å². The van der Waals surface area contributed by atoms with Gasteiger partial charge in [-0.15, -0.1) is 0 Å². The number of thioether (sulfide) groups is 1. The van der Waals surface area contributed by atoms with E-state index in [2.05, 4.69) is 16.7 Å². The number of amides is 2. The fourth-order valence-electron chi connectivity index (χ4n) is 3.31. The minimum atomic E-state index is -1.34. The number of hydrogen-bond donors (Lipinski definition) is 2. The molecule has 0 aromatic heterocycles. The first-order chi connectivity index (χ1) is 15.8. The minimum Gasteiger partial charge on any atom is -0.491 e. The number of nitriles is 1. The molecule has 1 aliphatic rings. The van der Waals surface area contributed by atoms with Crippen molar-refractivity contribution in [3.05, 3.63) is 38.3 Å². The molecule has 0 fully saturated rings. The van der Waals surface area contributed by atoms with Crippen LogP contribution in [-0.2, 0) is 19.1 Å². The van der Waals surface area contributed by atoms with E-state index in [0.29, 0.717) is 18.7 Å². The van der Waals surface area contributed by atoms with Crippen LogP contribution in [0.15, 0.2) is 22.7 Å². The van der Waals surface area contributed by atoms with Gasteiger partial charge in [-0.2, -0.15) is 5.26 Å². The van der Waals surface area contributed by atoms with Gasteiger partial charge in [0.25, 0.3) is 0 Å². The molecule has 0 unspecified atom stereocenters. The largest absolute Gasteiger partial charge is 0.491 e. The fourth-order valence-corrected chi connectivity index (χ4v) is 4.81. The molecule has 0 aliphatic carbocycles. The molecule has 2 amide bonds. The predicted molar refractivity (Wildman–Crippen MR) is 127 cm³/mol. The predicted octanol–water partition coefficient (Wildman–Crippen LogP) is 3.78. The molecule has 1 heterocycles. The number of rotatable bonds is 10. The maximum Gasteiger partial charge on any atom is 0.319 e. The van der Waals surface area contributed by atoms with Crippen LogP contribution in [0.4, 0.5) is 0 Å². The number of carbonyl (C=O) groups excluding carboxylic acids is 3. The number of unbranched alkanes of at least 4 members (excludes halogenated alkanes) is 1. The number of allylic oxidation sites excluding steroid dienone is 1. The highest BCUT2D eigenvalue weighted by molar-refractivity contribution is 8.03. The van der Waals surface area contributed by atoms with Crippen LogP contribution in [0.2, 0.25) is 10.0 Å². The van der Waals surface area contributed by atoms with Gasteiger partial charge in [0.15, 0.2) is 5.75 Å². The number of carbonyl (C=O) groups is 3. The van der Waals surface area contributed by atoms with E-state index in [4.69, 9.17) is 32.7 Å². The van der Waals surface area contributed by atoms with Gasteiger partial charge >= 0.3 is 5.97 Å². The first-order valence-electron chi connectivity index (χ1n) is 10.3. The molecule has 1 aromatic carbocycles. The lowest BCUT2D eigenvalue weighted by Crippen LogP contribution is -2.44. The maximum atomic E-state index is 12.9. The van der Waals surface area contributed by atoms with Crippen molar-refractivity contribution < 1.29 is 23.9 Å². The van der Waals surface area contributed by atoms with Crippen molar-refractivity contribution in [1.82, 2.24) is 10.6 Å². The van der Waals surface area contributed by atoms with Crippen LogP contribution in [0, 0.1) is 17.2 Å². The van der Waals surface area contributed by atoms with Gasteiger partial charge < -0.3 is 20.1 Å². The van der Waals surface area contributed by atoms with E-state index in [1.807, 2.05) is 6.92 Å². The van der Waals surface area contributed by atoms with Gasteiger partial charge in [0.05, 0.1) is 46.2 Å². The van der Waals surface area contributed by atoms with Gasteiger partial charge in [0.2, 0.25) is 11.8 Å². The van der Waals surface area contributed by atoms with E-state index in [-0.39, 0.29) is 38.1 Å². The molecule has 11 heteroatoms. The summed E-state index contributed by atoms with van der Waals surface area (Å²) < 4.78 is 10.3. The summed E-state index contributed by atoms with van der Waals surface area (Å²) in [4.78, 5) is 37.5. The number of ether oxygens (including phenoxy) is 2. The molecule has 0 saturated heterocycles. The van der Waals surface area contributed by atoms with Gasteiger partial charge in [-0.05, 0) is 31.0 Å². The number of benzene rings is 1. The first kappa shape index (κ1) is 26.8. The van der Waals surface area contributed by atoms with Crippen LogP contribution >= 0.6 is 35.0 Å². The Morgan fingerprint density at radius 1 is 1.27 bits per heavy atom. The zero-order valence-corrected chi connectivity index (χ0v) is 20.8. The molecule has 1 aliphatic heterocycles. The second-order valence-electron chi connectivity index (χ2n) is 7.06. The second-order valence-corrected chi connectivity index (χ2v) is 8.86. The summed E-state index contributed by atoms with van der Waals surface area (Å²) in [6, 6.07) is 5.09. The number of hydrogen-bond acceptors (Lipinski definition) is 7. The third kappa shape index (κ3) is 6.56. The molecule has 178 valence electrons. The highest BCUT2D eigenvalue weighted by atomic mass is 35.5. The Bertz CT molecular complexity index is 970. The van der Waals surface area contributed by atoms with Gasteiger partial charge in [0.1, 0.15) is 5.92 Å². The number of nitrogens with zero attached hydrogens (tertiary/aromatic N) is 1. The fraction of sp³-hybridized carbons (Fsp3) is 0.455. The summed E-state index contributed by atoms with van der Waals surface area (Å²) in [5.74, 6) is -3.78. The van der Waals surface area contributed by atoms with Gasteiger partial charge in [-0.1, -0.05) is 48.3 Å². The monoisotopic (exact) mass is 513 g/mol. The van der Waals surface area contributed by atoms with Crippen molar-refractivity contribution in [3.63, 3.8) is 0 Å². The quantitative estimate of drug-likeness (QED) is 0.277. The van der Waals surface area contributed by atoms with E-state index in [9.17, 15) is 19.6 Å². The molecular formula is C22H25Cl2N3O5S. The standard InChI is InChI=1S/C22H25Cl2N3O5S/c1-4-6-7-26-16(28)11-33-21-13(10-25)17(18(20(29)27-21)22(30)31-3)12-8-14(23)19(32-5-2)15(24)9-12/h8-9,17-18H,4-7,11H2,1-3H3,(H,26,28)(H,27,29)/t17-,18-/m0/s1. The SMILES string of the molecule is CCCCNC(=O)CSC1=C(C#N)[C@H](c2cc(Cl)c(OCC)c(Cl)c2)[C@H](C(=O)OC)C(=O)N1. The van der Waals surface area contributed by atoms with Crippen LogP contribution in [-0.4, -0.2) is 43.8 Å². The number of nitrogens with one attached hydrogen (secondary N) is 2. The Morgan fingerprint density at radius 2 is 1.94 bits per heavy atom. The van der Waals surface area contributed by atoms with E-state index < -0.39 is 23.7 Å². The second kappa shape index (κ2) is 12.7. The van der Waals surface area contributed by atoms with Crippen molar-refractivity contribution in [2.24, 2.45) is 5.92 Å². The van der Waals surface area contributed by atoms with Crippen molar-refractivity contribution in [2.75, 3.05) is 26.0 Å².